The Balaban J connectivity index is 1.70. The quantitative estimate of drug-likeness (QED) is 0.676. The van der Waals surface area contributed by atoms with Crippen LogP contribution in [0.3, 0.4) is 0 Å². The predicted molar refractivity (Wildman–Crippen MR) is 66.3 cm³/mol. The Bertz CT molecular complexity index is 393. The second kappa shape index (κ2) is 6.02. The molecular weight excluding hydrogens is 218 g/mol. The third-order valence-electron chi connectivity index (χ3n) is 2.97. The average Bonchev–Trinajstić information content (AvgIpc) is 3.10. The maximum absolute atomic E-state index is 11.9. The van der Waals surface area contributed by atoms with Gasteiger partial charge in [-0.05, 0) is 19.8 Å². The number of nitrogens with one attached hydrogen (secondary N) is 1. The molecule has 1 aromatic rings. The summed E-state index contributed by atoms with van der Waals surface area (Å²) in [5.41, 5.74) is 0.124. The Morgan fingerprint density at radius 3 is 2.94 bits per heavy atom. The smallest absolute Gasteiger partial charge is 0.328 e. The number of ether oxygens (including phenoxy) is 1. The lowest BCUT2D eigenvalue weighted by Crippen LogP contribution is -2.29. The van der Waals surface area contributed by atoms with Gasteiger partial charge in [-0.1, -0.05) is 0 Å². The number of rotatable bonds is 8. The minimum absolute atomic E-state index is 0.124. The summed E-state index contributed by atoms with van der Waals surface area (Å²) < 4.78 is 8.84. The number of hydrogen-bond donors (Lipinski definition) is 1. The zero-order chi connectivity index (χ0) is 12.1. The first kappa shape index (κ1) is 12.4. The molecule has 0 radical (unpaired) electrons. The molecule has 17 heavy (non-hydrogen) atoms. The highest BCUT2D eigenvalue weighted by Crippen LogP contribution is 2.33. The number of imidazole rings is 1. The average molecular weight is 239 g/mol. The van der Waals surface area contributed by atoms with Crippen LogP contribution in [-0.2, 0) is 11.3 Å². The van der Waals surface area contributed by atoms with E-state index < -0.39 is 0 Å². The zero-order valence-corrected chi connectivity index (χ0v) is 10.4. The van der Waals surface area contributed by atoms with Gasteiger partial charge in [0.15, 0.2) is 0 Å². The van der Waals surface area contributed by atoms with Gasteiger partial charge in [0.25, 0.3) is 0 Å². The summed E-state index contributed by atoms with van der Waals surface area (Å²) >= 11 is 0. The van der Waals surface area contributed by atoms with Crippen LogP contribution in [0, 0.1) is 0 Å². The molecule has 5 heteroatoms. The molecule has 0 unspecified atom stereocenters. The van der Waals surface area contributed by atoms with Gasteiger partial charge in [-0.2, -0.15) is 0 Å². The van der Waals surface area contributed by atoms with Crippen molar-refractivity contribution in [2.24, 2.45) is 0 Å². The summed E-state index contributed by atoms with van der Waals surface area (Å²) in [5, 5.41) is 3.26. The Morgan fingerprint density at radius 1 is 1.41 bits per heavy atom. The summed E-state index contributed by atoms with van der Waals surface area (Å²) in [5.74, 6) is 0. The molecule has 96 valence electrons. The van der Waals surface area contributed by atoms with E-state index in [2.05, 4.69) is 5.32 Å². The van der Waals surface area contributed by atoms with E-state index in [1.54, 1.807) is 4.57 Å². The molecule has 0 amide bonds. The standard InChI is InChI=1S/C12H21N3O2/c1-2-17-10-6-13-5-7-14-8-9-15(12(14)16)11-3-4-11/h8-9,11,13H,2-7,10H2,1H3. The van der Waals surface area contributed by atoms with E-state index in [-0.39, 0.29) is 5.69 Å². The number of aromatic nitrogens is 2. The number of nitrogens with zero attached hydrogens (tertiary/aromatic N) is 2. The molecule has 0 saturated heterocycles. The van der Waals surface area contributed by atoms with Crippen LogP contribution in [0.15, 0.2) is 17.2 Å². The second-order valence-electron chi connectivity index (χ2n) is 4.36. The SMILES string of the molecule is CCOCCNCCn1ccn(C2CC2)c1=O. The summed E-state index contributed by atoms with van der Waals surface area (Å²) in [6.45, 7) is 5.85. The lowest BCUT2D eigenvalue weighted by atomic mass is 10.5. The fourth-order valence-corrected chi connectivity index (χ4v) is 1.84. The molecule has 1 aromatic heterocycles. The predicted octanol–water partition coefficient (Wildman–Crippen LogP) is 0.611. The fourth-order valence-electron chi connectivity index (χ4n) is 1.84. The zero-order valence-electron chi connectivity index (χ0n) is 10.4. The van der Waals surface area contributed by atoms with E-state index in [4.69, 9.17) is 4.74 Å². The van der Waals surface area contributed by atoms with Crippen molar-refractivity contribution in [2.75, 3.05) is 26.3 Å². The molecule has 0 aromatic carbocycles. The molecule has 1 fully saturated rings. The molecule has 1 saturated carbocycles. The van der Waals surface area contributed by atoms with Crippen LogP contribution in [0.1, 0.15) is 25.8 Å². The van der Waals surface area contributed by atoms with Crippen molar-refractivity contribution in [1.29, 1.82) is 0 Å². The molecule has 0 atom stereocenters. The highest BCUT2D eigenvalue weighted by molar-refractivity contribution is 4.91. The third-order valence-corrected chi connectivity index (χ3v) is 2.97. The highest BCUT2D eigenvalue weighted by atomic mass is 16.5. The minimum Gasteiger partial charge on any atom is -0.380 e. The lowest BCUT2D eigenvalue weighted by molar-refractivity contribution is 0.149. The van der Waals surface area contributed by atoms with Crippen molar-refractivity contribution in [2.45, 2.75) is 32.4 Å². The van der Waals surface area contributed by atoms with Crippen LogP contribution in [0.5, 0.6) is 0 Å². The summed E-state index contributed by atoms with van der Waals surface area (Å²) in [6, 6.07) is 0.467. The lowest BCUT2D eigenvalue weighted by Gasteiger charge is -2.05. The number of hydrogen-bond acceptors (Lipinski definition) is 3. The van der Waals surface area contributed by atoms with Crippen molar-refractivity contribution >= 4 is 0 Å². The van der Waals surface area contributed by atoms with Gasteiger partial charge >= 0.3 is 5.69 Å². The van der Waals surface area contributed by atoms with Crippen LogP contribution in [0.2, 0.25) is 0 Å². The minimum atomic E-state index is 0.124. The van der Waals surface area contributed by atoms with Crippen LogP contribution < -0.4 is 11.0 Å². The van der Waals surface area contributed by atoms with Gasteiger partial charge in [-0.3, -0.25) is 9.13 Å². The normalized spacial score (nSPS) is 15.4. The van der Waals surface area contributed by atoms with Crippen molar-refractivity contribution in [1.82, 2.24) is 14.5 Å². The van der Waals surface area contributed by atoms with Crippen LogP contribution >= 0.6 is 0 Å². The Labute approximate surface area is 101 Å². The molecule has 0 bridgehead atoms. The van der Waals surface area contributed by atoms with E-state index in [0.29, 0.717) is 6.04 Å². The first-order chi connectivity index (χ1) is 8.33. The molecule has 1 N–H and O–H groups in total. The van der Waals surface area contributed by atoms with Crippen LogP contribution in [-0.4, -0.2) is 35.4 Å². The molecule has 0 spiro atoms. The highest BCUT2D eigenvalue weighted by Gasteiger charge is 2.25. The van der Waals surface area contributed by atoms with Gasteiger partial charge in [-0.15, -0.1) is 0 Å². The first-order valence-electron chi connectivity index (χ1n) is 6.38. The third kappa shape index (κ3) is 3.44. The van der Waals surface area contributed by atoms with Crippen molar-refractivity contribution in [3.8, 4) is 0 Å². The molecule has 5 nitrogen and oxygen atoms in total. The van der Waals surface area contributed by atoms with Crippen molar-refractivity contribution in [3.63, 3.8) is 0 Å². The molecule has 1 aliphatic carbocycles. The monoisotopic (exact) mass is 239 g/mol. The van der Waals surface area contributed by atoms with Gasteiger partial charge in [0.1, 0.15) is 0 Å². The Morgan fingerprint density at radius 2 is 2.24 bits per heavy atom. The topological polar surface area (TPSA) is 48.2 Å². The largest absolute Gasteiger partial charge is 0.380 e. The first-order valence-corrected chi connectivity index (χ1v) is 6.38. The van der Waals surface area contributed by atoms with Crippen LogP contribution in [0.25, 0.3) is 0 Å². The summed E-state index contributed by atoms with van der Waals surface area (Å²) in [4.78, 5) is 11.9. The van der Waals surface area contributed by atoms with Gasteiger partial charge < -0.3 is 10.1 Å². The van der Waals surface area contributed by atoms with Gasteiger partial charge in [-0.25, -0.2) is 4.79 Å². The second-order valence-corrected chi connectivity index (χ2v) is 4.36. The van der Waals surface area contributed by atoms with Gasteiger partial charge in [0, 0.05) is 44.7 Å². The molecular formula is C12H21N3O2. The maximum Gasteiger partial charge on any atom is 0.328 e. The molecule has 2 rings (SSSR count). The molecule has 0 aliphatic heterocycles. The Kier molecular flexibility index (Phi) is 4.39. The Hall–Kier alpha value is -1.07. The molecule has 1 heterocycles. The van der Waals surface area contributed by atoms with Crippen LogP contribution in [0.4, 0.5) is 0 Å². The van der Waals surface area contributed by atoms with E-state index >= 15 is 0 Å². The van der Waals surface area contributed by atoms with Gasteiger partial charge in [0.2, 0.25) is 0 Å². The molecule has 1 aliphatic rings. The van der Waals surface area contributed by atoms with Crippen molar-refractivity contribution in [3.05, 3.63) is 22.9 Å². The van der Waals surface area contributed by atoms with E-state index in [0.717, 1.165) is 45.7 Å². The summed E-state index contributed by atoms with van der Waals surface area (Å²) in [7, 11) is 0. The van der Waals surface area contributed by atoms with E-state index in [1.165, 1.54) is 0 Å². The fraction of sp³-hybridized carbons (Fsp3) is 0.750. The maximum atomic E-state index is 11.9. The van der Waals surface area contributed by atoms with E-state index in [9.17, 15) is 4.79 Å². The van der Waals surface area contributed by atoms with E-state index in [1.807, 2.05) is 23.9 Å². The van der Waals surface area contributed by atoms with Crippen molar-refractivity contribution < 1.29 is 4.74 Å². The van der Waals surface area contributed by atoms with Gasteiger partial charge in [0.05, 0.1) is 6.61 Å². The summed E-state index contributed by atoms with van der Waals surface area (Å²) in [6.07, 6.45) is 6.08.